The largest absolute Gasteiger partial charge is 0.448 e. The Kier molecular flexibility index (Phi) is 15.8. The molecule has 0 aliphatic carbocycles. The van der Waals surface area contributed by atoms with Crippen LogP contribution in [0, 0.1) is 0 Å². The van der Waals surface area contributed by atoms with Crippen LogP contribution in [-0.4, -0.2) is 81.2 Å². The third-order valence-electron chi connectivity index (χ3n) is 15.1. The average Bonchev–Trinajstić information content (AvgIpc) is 4.10. The number of hydrogen-bond donors (Lipinski definition) is 2. The Labute approximate surface area is 489 Å². The SMILES string of the molecule is O=C(OC(c1ccccc1)c1ccccc1)C1=C(COC(=O)N2CCC2)CS[C@@H]2C(NC(=O)/C(=N\OC(c3ccccc3)(c3ccccc3)c3ccccc3)c3csc(NC(c4ccccc4)(c4ccccc4)c4ccccc4)n3)C(=O)N12. The number of β-lactam (4-membered cyclic amide) rings is 1. The molecule has 15 heteroatoms. The van der Waals surface area contributed by atoms with Crippen LogP contribution >= 0.6 is 23.1 Å². The van der Waals surface area contributed by atoms with E-state index < -0.39 is 52.5 Å². The predicted molar refractivity (Wildman–Crippen MR) is 322 cm³/mol. The predicted octanol–water partition coefficient (Wildman–Crippen LogP) is 12.1. The number of hydrogen-bond acceptors (Lipinski definition) is 12. The van der Waals surface area contributed by atoms with E-state index in [4.69, 9.17) is 24.5 Å². The summed E-state index contributed by atoms with van der Waals surface area (Å²) in [6, 6.07) is 77.0. The number of aromatic nitrogens is 1. The maximum absolute atomic E-state index is 15.5. The van der Waals surface area contributed by atoms with E-state index in [-0.39, 0.29) is 29.5 Å². The smallest absolute Gasteiger partial charge is 0.410 e. The Hall–Kier alpha value is -9.57. The number of oxime groups is 1. The first kappa shape index (κ1) is 54.0. The monoisotopic (exact) mass is 1130 g/mol. The van der Waals surface area contributed by atoms with Gasteiger partial charge in [-0.25, -0.2) is 14.6 Å². The summed E-state index contributed by atoms with van der Waals surface area (Å²) >= 11 is 2.62. The van der Waals surface area contributed by atoms with Crippen LogP contribution in [0.15, 0.2) is 264 Å². The van der Waals surface area contributed by atoms with Crippen molar-refractivity contribution in [3.05, 3.63) is 310 Å². The number of benzene rings is 8. The van der Waals surface area contributed by atoms with Crippen LogP contribution < -0.4 is 10.6 Å². The van der Waals surface area contributed by atoms with Crippen LogP contribution in [0.2, 0.25) is 0 Å². The molecule has 8 aromatic carbocycles. The van der Waals surface area contributed by atoms with E-state index in [1.165, 1.54) is 28.0 Å². The summed E-state index contributed by atoms with van der Waals surface area (Å²) in [6.07, 6.45) is -0.481. The first-order valence-corrected chi connectivity index (χ1v) is 29.3. The van der Waals surface area contributed by atoms with Gasteiger partial charge in [0.1, 0.15) is 35.0 Å². The number of carbonyl (C=O) groups excluding carboxylic acids is 4. The number of thiazole rings is 1. The number of fused-ring (bicyclic) bond motifs is 1. The van der Waals surface area contributed by atoms with E-state index in [0.717, 1.165) is 50.9 Å². The number of nitrogens with one attached hydrogen (secondary N) is 2. The van der Waals surface area contributed by atoms with Gasteiger partial charge in [-0.15, -0.1) is 23.1 Å². The van der Waals surface area contributed by atoms with E-state index in [1.54, 1.807) is 10.3 Å². The minimum Gasteiger partial charge on any atom is -0.448 e. The van der Waals surface area contributed by atoms with Crippen molar-refractivity contribution in [3.8, 4) is 0 Å². The first-order chi connectivity index (χ1) is 40.8. The molecule has 0 radical (unpaired) electrons. The number of nitrogens with zero attached hydrogens (tertiary/aromatic N) is 4. The molecule has 2 N–H and O–H groups in total. The fourth-order valence-electron chi connectivity index (χ4n) is 10.9. The molecule has 2 atom stereocenters. The molecule has 412 valence electrons. The molecule has 3 amide bonds. The normalized spacial score (nSPS) is 16.0. The van der Waals surface area contributed by atoms with E-state index >= 15 is 4.79 Å². The molecule has 9 aromatic rings. The number of anilines is 1. The third-order valence-corrected chi connectivity index (χ3v) is 17.2. The number of carbonyl (C=O) groups is 4. The Morgan fingerprint density at radius 2 is 1.06 bits per heavy atom. The molecule has 1 unspecified atom stereocenters. The second kappa shape index (κ2) is 24.3. The van der Waals surface area contributed by atoms with Crippen LogP contribution in [0.25, 0.3) is 0 Å². The van der Waals surface area contributed by atoms with Crippen molar-refractivity contribution in [2.75, 3.05) is 30.8 Å². The maximum Gasteiger partial charge on any atom is 0.410 e. The van der Waals surface area contributed by atoms with Crippen molar-refractivity contribution in [1.29, 1.82) is 0 Å². The number of amides is 3. The van der Waals surface area contributed by atoms with E-state index in [0.29, 0.717) is 23.8 Å². The quantitative estimate of drug-likeness (QED) is 0.0263. The summed E-state index contributed by atoms with van der Waals surface area (Å²) < 4.78 is 12.2. The molecule has 3 aliphatic heterocycles. The lowest BCUT2D eigenvalue weighted by atomic mass is 9.77. The summed E-state index contributed by atoms with van der Waals surface area (Å²) in [5, 5.41) is 13.2. The lowest BCUT2D eigenvalue weighted by molar-refractivity contribution is -0.154. The number of rotatable bonds is 19. The second-order valence-corrected chi connectivity index (χ2v) is 22.1. The summed E-state index contributed by atoms with van der Waals surface area (Å²) in [5.74, 6) is -1.92. The molecule has 13 nitrogen and oxygen atoms in total. The highest BCUT2D eigenvalue weighted by atomic mass is 32.2. The van der Waals surface area contributed by atoms with Crippen molar-refractivity contribution in [3.63, 3.8) is 0 Å². The highest BCUT2D eigenvalue weighted by Gasteiger charge is 2.55. The van der Waals surface area contributed by atoms with Crippen molar-refractivity contribution >= 4 is 57.8 Å². The molecular weight excluding hydrogens is 1080 g/mol. The van der Waals surface area contributed by atoms with Gasteiger partial charge < -0.3 is 29.8 Å². The summed E-state index contributed by atoms with van der Waals surface area (Å²) in [6.45, 7) is 0.895. The summed E-state index contributed by atoms with van der Waals surface area (Å²) in [5.41, 5.74) is 4.47. The Bertz CT molecular complexity index is 3550. The lowest BCUT2D eigenvalue weighted by Crippen LogP contribution is -2.71. The molecule has 0 bridgehead atoms. The molecule has 12 rings (SSSR count). The molecule has 0 spiro atoms. The average molecular weight is 1130 g/mol. The van der Waals surface area contributed by atoms with Gasteiger partial charge in [-0.3, -0.25) is 14.5 Å². The third kappa shape index (κ3) is 10.8. The molecule has 83 heavy (non-hydrogen) atoms. The fraction of sp³-hybridized carbons (Fsp3) is 0.147. The minimum absolute atomic E-state index is 0.0398. The molecule has 4 heterocycles. The van der Waals surface area contributed by atoms with Crippen LogP contribution in [0.4, 0.5) is 9.93 Å². The van der Waals surface area contributed by atoms with Crippen LogP contribution in [-0.2, 0) is 39.8 Å². The fourth-order valence-corrected chi connectivity index (χ4v) is 12.9. The Morgan fingerprint density at radius 3 is 1.51 bits per heavy atom. The lowest BCUT2D eigenvalue weighted by Gasteiger charge is -2.49. The van der Waals surface area contributed by atoms with Gasteiger partial charge in [0.25, 0.3) is 11.8 Å². The number of ether oxygens (including phenoxy) is 2. The minimum atomic E-state index is -1.40. The standard InChI is InChI=1S/C68H56N6O7S2/c75-61(70-58-62(76)74-59(49(45-82-63(58)74)44-79-66(78)73-42-25-43-73)64(77)80-60(47-26-9-1-10-27-47)48-28-11-2-12-29-48)57(72-81-68(53-36-19-6-20-37-53,54-38-21-7-22-39-54)55-40-23-8-24-41-55)56-46-83-65(69-56)71-67(50-30-13-3-14-31-50,51-32-15-4-16-33-51)52-34-17-5-18-35-52/h1-24,26-41,46,58,60,63H,25,42-45H2,(H,69,71)(H,70,75)/b72-57-/t58?,63-/m1/s1. The van der Waals surface area contributed by atoms with Gasteiger partial charge in [0.05, 0.1) is 0 Å². The molecule has 2 fully saturated rings. The zero-order valence-corrected chi connectivity index (χ0v) is 46.5. The van der Waals surface area contributed by atoms with Gasteiger partial charge >= 0.3 is 12.1 Å². The van der Waals surface area contributed by atoms with E-state index in [1.807, 2.05) is 206 Å². The van der Waals surface area contributed by atoms with Gasteiger partial charge in [0, 0.05) is 46.5 Å². The van der Waals surface area contributed by atoms with Crippen molar-refractivity contribution in [2.45, 2.75) is 35.1 Å². The van der Waals surface area contributed by atoms with Gasteiger partial charge in [-0.1, -0.05) is 248 Å². The maximum atomic E-state index is 15.5. The number of esters is 1. The van der Waals surface area contributed by atoms with Crippen LogP contribution in [0.1, 0.15) is 62.7 Å². The zero-order chi connectivity index (χ0) is 56.6. The van der Waals surface area contributed by atoms with Crippen LogP contribution in [0.5, 0.6) is 0 Å². The highest BCUT2D eigenvalue weighted by molar-refractivity contribution is 8.00. The topological polar surface area (TPSA) is 152 Å². The first-order valence-electron chi connectivity index (χ1n) is 27.4. The van der Waals surface area contributed by atoms with Crippen molar-refractivity contribution in [1.82, 2.24) is 20.1 Å². The number of thioether (sulfide) groups is 1. The highest BCUT2D eigenvalue weighted by Crippen LogP contribution is 2.45. The summed E-state index contributed by atoms with van der Waals surface area (Å²) in [4.78, 5) is 73.6. The zero-order valence-electron chi connectivity index (χ0n) is 44.9. The molecule has 0 saturated carbocycles. The van der Waals surface area contributed by atoms with Gasteiger partial charge in [-0.05, 0) is 34.2 Å². The van der Waals surface area contributed by atoms with Crippen molar-refractivity contribution < 1.29 is 33.5 Å². The van der Waals surface area contributed by atoms with Crippen LogP contribution in [0.3, 0.4) is 0 Å². The Balaban J connectivity index is 0.928. The molecule has 3 aliphatic rings. The van der Waals surface area contributed by atoms with E-state index in [9.17, 15) is 14.4 Å². The van der Waals surface area contributed by atoms with Gasteiger partial charge in [-0.2, -0.15) is 0 Å². The van der Waals surface area contributed by atoms with Gasteiger partial charge in [0.15, 0.2) is 16.9 Å². The van der Waals surface area contributed by atoms with E-state index in [2.05, 4.69) is 47.0 Å². The molecular formula is C68H56N6O7S2. The van der Waals surface area contributed by atoms with Gasteiger partial charge in [0.2, 0.25) is 5.60 Å². The molecule has 1 aromatic heterocycles. The summed E-state index contributed by atoms with van der Waals surface area (Å²) in [7, 11) is 0. The van der Waals surface area contributed by atoms with Crippen molar-refractivity contribution in [2.24, 2.45) is 5.16 Å². The number of likely N-dealkylation sites (tertiary alicyclic amines) is 1. The Morgan fingerprint density at radius 1 is 0.614 bits per heavy atom. The second-order valence-electron chi connectivity index (χ2n) is 20.1. The molecule has 2 saturated heterocycles.